The quantitative estimate of drug-likeness (QED) is 0.680. The number of fused-ring (bicyclic) bond motifs is 1. The lowest BCUT2D eigenvalue weighted by molar-refractivity contribution is 0.0690. The van der Waals surface area contributed by atoms with E-state index in [0.717, 1.165) is 11.0 Å². The van der Waals surface area contributed by atoms with Crippen LogP contribution in [0.4, 0.5) is 5.82 Å². The number of carbonyl (C=O) groups excluding carboxylic acids is 1. The van der Waals surface area contributed by atoms with Gasteiger partial charge in [-0.1, -0.05) is 6.07 Å². The summed E-state index contributed by atoms with van der Waals surface area (Å²) in [6.45, 7) is 0. The first-order chi connectivity index (χ1) is 10.1. The fourth-order valence-corrected chi connectivity index (χ4v) is 1.89. The van der Waals surface area contributed by atoms with Gasteiger partial charge in [0.25, 0.3) is 5.91 Å². The van der Waals surface area contributed by atoms with Gasteiger partial charge in [-0.2, -0.15) is 0 Å². The van der Waals surface area contributed by atoms with Gasteiger partial charge in [-0.3, -0.25) is 4.79 Å². The number of aromatic carboxylic acids is 1. The van der Waals surface area contributed by atoms with E-state index >= 15 is 0 Å². The molecule has 0 spiro atoms. The molecule has 0 atom stereocenters. The summed E-state index contributed by atoms with van der Waals surface area (Å²) in [5.74, 6) is -1.34. The van der Waals surface area contributed by atoms with Crippen molar-refractivity contribution in [2.24, 2.45) is 0 Å². The molecule has 0 radical (unpaired) electrons. The highest BCUT2D eigenvalue weighted by Gasteiger charge is 2.10. The Balaban J connectivity index is 1.85. The minimum absolute atomic E-state index is 0.128. The lowest BCUT2D eigenvalue weighted by atomic mass is 10.2. The van der Waals surface area contributed by atoms with Crippen LogP contribution in [0.2, 0.25) is 0 Å². The number of amides is 1. The second kappa shape index (κ2) is 5.04. The number of carbonyl (C=O) groups is 2. The third-order valence-corrected chi connectivity index (χ3v) is 2.89. The van der Waals surface area contributed by atoms with Crippen LogP contribution >= 0.6 is 0 Å². The number of anilines is 1. The highest BCUT2D eigenvalue weighted by atomic mass is 16.4. The van der Waals surface area contributed by atoms with Crippen molar-refractivity contribution >= 4 is 28.7 Å². The number of aromatic nitrogens is 3. The molecule has 1 aromatic carbocycles. The van der Waals surface area contributed by atoms with Gasteiger partial charge in [-0.25, -0.2) is 14.8 Å². The summed E-state index contributed by atoms with van der Waals surface area (Å²) >= 11 is 0. The summed E-state index contributed by atoms with van der Waals surface area (Å²) in [7, 11) is 0. The number of hydrogen-bond donors (Lipinski definition) is 3. The number of rotatable bonds is 3. The average molecular weight is 282 g/mol. The zero-order chi connectivity index (χ0) is 14.8. The number of carboxylic acids is 1. The molecule has 0 aliphatic rings. The van der Waals surface area contributed by atoms with Crippen LogP contribution in [0.5, 0.6) is 0 Å². The van der Waals surface area contributed by atoms with E-state index < -0.39 is 5.97 Å². The Hall–Kier alpha value is -3.22. The molecule has 0 saturated carbocycles. The molecule has 1 amide bonds. The SMILES string of the molecule is O=C(Nc1cccc(C(=O)O)n1)c1ccc2nc[nH]c2c1. The average Bonchev–Trinajstić information content (AvgIpc) is 2.94. The maximum atomic E-state index is 12.1. The number of H-pyrrole nitrogens is 1. The molecule has 0 bridgehead atoms. The molecule has 2 aromatic heterocycles. The zero-order valence-corrected chi connectivity index (χ0v) is 10.7. The molecular weight excluding hydrogens is 272 g/mol. The van der Waals surface area contributed by atoms with Gasteiger partial charge in [-0.05, 0) is 30.3 Å². The molecule has 3 rings (SSSR count). The van der Waals surface area contributed by atoms with E-state index in [4.69, 9.17) is 5.11 Å². The Morgan fingerprint density at radius 2 is 2.05 bits per heavy atom. The summed E-state index contributed by atoms with van der Waals surface area (Å²) in [4.78, 5) is 33.8. The van der Waals surface area contributed by atoms with Crippen molar-refractivity contribution in [3.8, 4) is 0 Å². The van der Waals surface area contributed by atoms with Crippen LogP contribution in [0.15, 0.2) is 42.7 Å². The van der Waals surface area contributed by atoms with Crippen LogP contribution < -0.4 is 5.32 Å². The number of nitrogens with zero attached hydrogens (tertiary/aromatic N) is 2. The first kappa shape index (κ1) is 12.8. The molecular formula is C14H10N4O3. The van der Waals surface area contributed by atoms with Crippen molar-refractivity contribution in [2.75, 3.05) is 5.32 Å². The van der Waals surface area contributed by atoms with Crippen LogP contribution in [0, 0.1) is 0 Å². The fraction of sp³-hybridized carbons (Fsp3) is 0. The van der Waals surface area contributed by atoms with E-state index in [9.17, 15) is 9.59 Å². The van der Waals surface area contributed by atoms with Gasteiger partial charge in [0.05, 0.1) is 17.4 Å². The number of carboxylic acid groups (broad SMARTS) is 1. The minimum Gasteiger partial charge on any atom is -0.477 e. The molecule has 0 unspecified atom stereocenters. The van der Waals surface area contributed by atoms with Crippen LogP contribution in [0.3, 0.4) is 0 Å². The van der Waals surface area contributed by atoms with E-state index in [2.05, 4.69) is 20.3 Å². The van der Waals surface area contributed by atoms with Crippen LogP contribution in [0.25, 0.3) is 11.0 Å². The van der Waals surface area contributed by atoms with Crippen molar-refractivity contribution < 1.29 is 14.7 Å². The van der Waals surface area contributed by atoms with Crippen LogP contribution in [-0.2, 0) is 0 Å². The largest absolute Gasteiger partial charge is 0.477 e. The molecule has 7 heteroatoms. The van der Waals surface area contributed by atoms with Crippen molar-refractivity contribution in [1.29, 1.82) is 0 Å². The standard InChI is InChI=1S/C14H10N4O3/c19-13(8-4-5-9-11(6-8)16-7-15-9)18-12-3-1-2-10(17-12)14(20)21/h1-7H,(H,15,16)(H,20,21)(H,17,18,19). The minimum atomic E-state index is -1.15. The van der Waals surface area contributed by atoms with E-state index in [1.807, 2.05) is 0 Å². The summed E-state index contributed by atoms with van der Waals surface area (Å²) in [6, 6.07) is 9.43. The fourth-order valence-electron chi connectivity index (χ4n) is 1.89. The highest BCUT2D eigenvalue weighted by molar-refractivity contribution is 6.05. The third kappa shape index (κ3) is 2.57. The molecule has 0 fully saturated rings. The van der Waals surface area contributed by atoms with Gasteiger partial charge in [0.2, 0.25) is 0 Å². The van der Waals surface area contributed by atoms with Crippen LogP contribution in [-0.4, -0.2) is 31.9 Å². The Labute approximate surface area is 118 Å². The van der Waals surface area contributed by atoms with Gasteiger partial charge in [0.15, 0.2) is 5.69 Å². The first-order valence-corrected chi connectivity index (χ1v) is 6.08. The molecule has 0 saturated heterocycles. The maximum absolute atomic E-state index is 12.1. The van der Waals surface area contributed by atoms with Gasteiger partial charge >= 0.3 is 5.97 Å². The number of benzene rings is 1. The number of aromatic amines is 1. The lowest BCUT2D eigenvalue weighted by Gasteiger charge is -2.05. The summed E-state index contributed by atoms with van der Waals surface area (Å²) in [5.41, 5.74) is 1.80. The Morgan fingerprint density at radius 3 is 2.86 bits per heavy atom. The monoisotopic (exact) mass is 282 g/mol. The Kier molecular flexibility index (Phi) is 3.07. The van der Waals surface area contributed by atoms with E-state index in [1.165, 1.54) is 18.2 Å². The Bertz CT molecular complexity index is 841. The molecule has 0 aliphatic heterocycles. The number of pyridine rings is 1. The molecule has 104 valence electrons. The van der Waals surface area contributed by atoms with Crippen molar-refractivity contribution in [1.82, 2.24) is 15.0 Å². The van der Waals surface area contributed by atoms with Crippen LogP contribution in [0.1, 0.15) is 20.8 Å². The van der Waals surface area contributed by atoms with E-state index in [-0.39, 0.29) is 17.4 Å². The Morgan fingerprint density at radius 1 is 1.19 bits per heavy atom. The second-order valence-electron chi connectivity index (χ2n) is 4.30. The number of nitrogens with one attached hydrogen (secondary N) is 2. The van der Waals surface area contributed by atoms with Gasteiger partial charge in [0, 0.05) is 5.56 Å². The smallest absolute Gasteiger partial charge is 0.354 e. The summed E-state index contributed by atoms with van der Waals surface area (Å²) in [6.07, 6.45) is 1.55. The number of hydrogen-bond acceptors (Lipinski definition) is 4. The third-order valence-electron chi connectivity index (χ3n) is 2.89. The van der Waals surface area contributed by atoms with Crippen molar-refractivity contribution in [3.05, 3.63) is 54.0 Å². The van der Waals surface area contributed by atoms with Gasteiger partial charge < -0.3 is 15.4 Å². The highest BCUT2D eigenvalue weighted by Crippen LogP contribution is 2.13. The van der Waals surface area contributed by atoms with Gasteiger partial charge in [-0.15, -0.1) is 0 Å². The molecule has 7 nitrogen and oxygen atoms in total. The molecule has 3 N–H and O–H groups in total. The maximum Gasteiger partial charge on any atom is 0.354 e. The second-order valence-corrected chi connectivity index (χ2v) is 4.30. The normalized spacial score (nSPS) is 10.5. The van der Waals surface area contributed by atoms with E-state index in [0.29, 0.717) is 5.56 Å². The molecule has 0 aliphatic carbocycles. The molecule has 21 heavy (non-hydrogen) atoms. The van der Waals surface area contributed by atoms with Crippen molar-refractivity contribution in [2.45, 2.75) is 0 Å². The predicted octanol–water partition coefficient (Wildman–Crippen LogP) is 1.91. The molecule has 2 heterocycles. The van der Waals surface area contributed by atoms with Gasteiger partial charge in [0.1, 0.15) is 5.82 Å². The predicted molar refractivity (Wildman–Crippen MR) is 75.2 cm³/mol. The van der Waals surface area contributed by atoms with Crippen molar-refractivity contribution in [3.63, 3.8) is 0 Å². The number of imidazole rings is 1. The summed E-state index contributed by atoms with van der Waals surface area (Å²) < 4.78 is 0. The first-order valence-electron chi connectivity index (χ1n) is 6.08. The lowest BCUT2D eigenvalue weighted by Crippen LogP contribution is -2.14. The topological polar surface area (TPSA) is 108 Å². The zero-order valence-electron chi connectivity index (χ0n) is 10.7. The van der Waals surface area contributed by atoms with E-state index in [1.54, 1.807) is 24.5 Å². The summed E-state index contributed by atoms with van der Waals surface area (Å²) in [5, 5.41) is 11.4. The molecule has 3 aromatic rings.